The van der Waals surface area contributed by atoms with E-state index in [1.54, 1.807) is 6.26 Å². The van der Waals surface area contributed by atoms with E-state index in [-0.39, 0.29) is 0 Å². The van der Waals surface area contributed by atoms with Crippen LogP contribution in [0.25, 0.3) is 0 Å². The van der Waals surface area contributed by atoms with Crippen LogP contribution in [0.4, 0.5) is 0 Å². The van der Waals surface area contributed by atoms with Crippen molar-refractivity contribution in [3.05, 3.63) is 54.0 Å². The van der Waals surface area contributed by atoms with E-state index in [4.69, 9.17) is 4.42 Å². The summed E-state index contributed by atoms with van der Waals surface area (Å²) in [7, 11) is 0. The van der Waals surface area contributed by atoms with Crippen molar-refractivity contribution in [3.63, 3.8) is 0 Å². The number of fused-ring (bicyclic) bond motifs is 1. The molecule has 2 aromatic rings. The van der Waals surface area contributed by atoms with Gasteiger partial charge in [0, 0.05) is 22.6 Å². The standard InChI is InChI=1S/C17H21NOS/c1-2-8-18-16(10-13-7-9-19-11-13)15-12-20-17-6-4-3-5-14(15)17/h3-7,9,11,15-16,18H,2,8,10,12H2,1H3. The number of furan rings is 1. The molecule has 3 rings (SSSR count). The van der Waals surface area contributed by atoms with E-state index in [1.807, 2.05) is 18.0 Å². The number of rotatable bonds is 6. The monoisotopic (exact) mass is 287 g/mol. The lowest BCUT2D eigenvalue weighted by molar-refractivity contribution is 0.449. The summed E-state index contributed by atoms with van der Waals surface area (Å²) in [5.74, 6) is 1.77. The summed E-state index contributed by atoms with van der Waals surface area (Å²) < 4.78 is 5.22. The Kier molecular flexibility index (Phi) is 4.48. The second kappa shape index (κ2) is 6.51. The van der Waals surface area contributed by atoms with Crippen molar-refractivity contribution in [2.75, 3.05) is 12.3 Å². The fourth-order valence-corrected chi connectivity index (χ4v) is 4.20. The van der Waals surface area contributed by atoms with Crippen LogP contribution in [0.15, 0.2) is 52.2 Å². The van der Waals surface area contributed by atoms with Crippen LogP contribution in [0.5, 0.6) is 0 Å². The molecule has 0 fully saturated rings. The van der Waals surface area contributed by atoms with Crippen LogP contribution in [0.3, 0.4) is 0 Å². The zero-order valence-corrected chi connectivity index (χ0v) is 12.7. The van der Waals surface area contributed by atoms with E-state index in [9.17, 15) is 0 Å². The number of hydrogen-bond donors (Lipinski definition) is 1. The molecule has 1 aromatic carbocycles. The molecule has 0 saturated carbocycles. The van der Waals surface area contributed by atoms with Crippen molar-refractivity contribution in [1.29, 1.82) is 0 Å². The highest BCUT2D eigenvalue weighted by molar-refractivity contribution is 7.99. The van der Waals surface area contributed by atoms with E-state index in [2.05, 4.69) is 42.6 Å². The largest absolute Gasteiger partial charge is 0.472 e. The molecular weight excluding hydrogens is 266 g/mol. The molecule has 3 heteroatoms. The second-order valence-electron chi connectivity index (χ2n) is 5.35. The fraction of sp³-hybridized carbons (Fsp3) is 0.412. The normalized spacial score (nSPS) is 18.9. The average molecular weight is 287 g/mol. The highest BCUT2D eigenvalue weighted by atomic mass is 32.2. The molecule has 106 valence electrons. The lowest BCUT2D eigenvalue weighted by atomic mass is 9.89. The van der Waals surface area contributed by atoms with Crippen molar-refractivity contribution in [2.24, 2.45) is 0 Å². The smallest absolute Gasteiger partial charge is 0.0935 e. The first-order valence-corrected chi connectivity index (χ1v) is 8.33. The minimum absolute atomic E-state index is 0.490. The zero-order valence-electron chi connectivity index (χ0n) is 11.8. The van der Waals surface area contributed by atoms with Crippen LogP contribution in [-0.2, 0) is 6.42 Å². The van der Waals surface area contributed by atoms with Crippen LogP contribution in [-0.4, -0.2) is 18.3 Å². The van der Waals surface area contributed by atoms with E-state index < -0.39 is 0 Å². The van der Waals surface area contributed by atoms with Gasteiger partial charge in [-0.1, -0.05) is 25.1 Å². The summed E-state index contributed by atoms with van der Waals surface area (Å²) in [6.45, 7) is 3.30. The maximum Gasteiger partial charge on any atom is 0.0935 e. The van der Waals surface area contributed by atoms with Gasteiger partial charge in [0.25, 0.3) is 0 Å². The van der Waals surface area contributed by atoms with E-state index in [0.717, 1.165) is 13.0 Å². The van der Waals surface area contributed by atoms with Gasteiger partial charge in [0.2, 0.25) is 0 Å². The Balaban J connectivity index is 1.79. The molecule has 2 atom stereocenters. The molecule has 2 heterocycles. The molecule has 1 aliphatic rings. The maximum atomic E-state index is 5.22. The fourth-order valence-electron chi connectivity index (χ4n) is 2.87. The van der Waals surface area contributed by atoms with Gasteiger partial charge in [0.05, 0.1) is 12.5 Å². The maximum absolute atomic E-state index is 5.22. The molecule has 0 bridgehead atoms. The molecule has 0 radical (unpaired) electrons. The van der Waals surface area contributed by atoms with Gasteiger partial charge < -0.3 is 9.73 Å². The SMILES string of the molecule is CCCNC(Cc1ccoc1)C1CSc2ccccc21. The van der Waals surface area contributed by atoms with E-state index in [1.165, 1.54) is 28.2 Å². The Morgan fingerprint density at radius 3 is 3.05 bits per heavy atom. The Hall–Kier alpha value is -1.19. The molecule has 2 nitrogen and oxygen atoms in total. The number of hydrogen-bond acceptors (Lipinski definition) is 3. The van der Waals surface area contributed by atoms with Crippen molar-refractivity contribution in [3.8, 4) is 0 Å². The van der Waals surface area contributed by atoms with Gasteiger partial charge in [-0.25, -0.2) is 0 Å². The summed E-state index contributed by atoms with van der Waals surface area (Å²) in [6, 6.07) is 11.4. The van der Waals surface area contributed by atoms with Gasteiger partial charge in [0.15, 0.2) is 0 Å². The number of benzene rings is 1. The number of thioether (sulfide) groups is 1. The summed E-state index contributed by atoms with van der Waals surface area (Å²) >= 11 is 1.99. The Morgan fingerprint density at radius 2 is 2.25 bits per heavy atom. The third-order valence-electron chi connectivity index (χ3n) is 3.91. The van der Waals surface area contributed by atoms with Crippen molar-refractivity contribution >= 4 is 11.8 Å². The van der Waals surface area contributed by atoms with Crippen molar-refractivity contribution in [1.82, 2.24) is 5.32 Å². The lowest BCUT2D eigenvalue weighted by Crippen LogP contribution is -2.37. The summed E-state index contributed by atoms with van der Waals surface area (Å²) in [4.78, 5) is 1.45. The summed E-state index contributed by atoms with van der Waals surface area (Å²) in [6.07, 6.45) is 5.84. The molecule has 1 aliphatic heterocycles. The minimum Gasteiger partial charge on any atom is -0.472 e. The van der Waals surface area contributed by atoms with Crippen molar-refractivity contribution < 1.29 is 4.42 Å². The summed E-state index contributed by atoms with van der Waals surface area (Å²) in [5, 5.41) is 3.74. The summed E-state index contributed by atoms with van der Waals surface area (Å²) in [5.41, 5.74) is 2.79. The van der Waals surface area contributed by atoms with Gasteiger partial charge >= 0.3 is 0 Å². The van der Waals surface area contributed by atoms with Gasteiger partial charge in [-0.2, -0.15) is 0 Å². The van der Waals surface area contributed by atoms with E-state index >= 15 is 0 Å². The lowest BCUT2D eigenvalue weighted by Gasteiger charge is -2.25. The molecule has 1 aromatic heterocycles. The van der Waals surface area contributed by atoms with Gasteiger partial charge in [-0.05, 0) is 42.6 Å². The van der Waals surface area contributed by atoms with Crippen LogP contribution in [0.1, 0.15) is 30.4 Å². The molecule has 2 unspecified atom stereocenters. The molecule has 0 spiro atoms. The molecule has 0 saturated heterocycles. The van der Waals surface area contributed by atoms with Gasteiger partial charge in [-0.3, -0.25) is 0 Å². The quantitative estimate of drug-likeness (QED) is 0.866. The topological polar surface area (TPSA) is 25.2 Å². The zero-order chi connectivity index (χ0) is 13.8. The van der Waals surface area contributed by atoms with Crippen LogP contribution < -0.4 is 5.32 Å². The third kappa shape index (κ3) is 2.94. The molecular formula is C17H21NOS. The minimum atomic E-state index is 0.490. The van der Waals surface area contributed by atoms with Gasteiger partial charge in [-0.15, -0.1) is 11.8 Å². The first-order chi connectivity index (χ1) is 9.88. The van der Waals surface area contributed by atoms with Crippen LogP contribution in [0, 0.1) is 0 Å². The predicted octanol–water partition coefficient (Wildman–Crippen LogP) is 4.08. The molecule has 1 N–H and O–H groups in total. The molecule has 0 aliphatic carbocycles. The Labute approximate surface area is 125 Å². The third-order valence-corrected chi connectivity index (χ3v) is 5.12. The van der Waals surface area contributed by atoms with Crippen molar-refractivity contribution in [2.45, 2.75) is 36.6 Å². The number of nitrogens with one attached hydrogen (secondary N) is 1. The average Bonchev–Trinajstić information content (AvgIpc) is 3.12. The first kappa shape index (κ1) is 13.8. The predicted molar refractivity (Wildman–Crippen MR) is 84.4 cm³/mol. The van der Waals surface area contributed by atoms with Gasteiger partial charge in [0.1, 0.15) is 0 Å². The highest BCUT2D eigenvalue weighted by Crippen LogP contribution is 2.41. The Bertz CT molecular complexity index is 538. The second-order valence-corrected chi connectivity index (χ2v) is 6.41. The Morgan fingerprint density at radius 1 is 1.35 bits per heavy atom. The van der Waals surface area contributed by atoms with Crippen LogP contribution in [0.2, 0.25) is 0 Å². The van der Waals surface area contributed by atoms with Crippen LogP contribution >= 0.6 is 11.8 Å². The van der Waals surface area contributed by atoms with E-state index in [0.29, 0.717) is 12.0 Å². The highest BCUT2D eigenvalue weighted by Gasteiger charge is 2.30. The first-order valence-electron chi connectivity index (χ1n) is 7.34. The molecule has 0 amide bonds. The molecule has 20 heavy (non-hydrogen) atoms.